The molecule has 0 atom stereocenters. The number of ether oxygens (including phenoxy) is 1. The minimum Gasteiger partial charge on any atom is -0.435 e. The van der Waals surface area contributed by atoms with Crippen LogP contribution in [0.5, 0.6) is 11.6 Å². The molecule has 0 aliphatic heterocycles. The summed E-state index contributed by atoms with van der Waals surface area (Å²) in [6, 6.07) is 2.11. The average molecular weight is 307 g/mol. The lowest BCUT2D eigenvalue weighted by Crippen LogP contribution is -2.04. The summed E-state index contributed by atoms with van der Waals surface area (Å²) in [7, 11) is 0. The van der Waals surface area contributed by atoms with E-state index in [0.717, 1.165) is 18.8 Å². The van der Waals surface area contributed by atoms with E-state index in [1.165, 1.54) is 11.8 Å². The van der Waals surface area contributed by atoms with Crippen molar-refractivity contribution in [2.24, 2.45) is 0 Å². The van der Waals surface area contributed by atoms with E-state index < -0.39 is 0 Å². The molecule has 0 saturated carbocycles. The molecule has 21 heavy (non-hydrogen) atoms. The summed E-state index contributed by atoms with van der Waals surface area (Å²) in [5.41, 5.74) is 0. The van der Waals surface area contributed by atoms with E-state index in [1.54, 1.807) is 6.20 Å². The lowest BCUT2D eigenvalue weighted by atomic mass is 10.4. The molecule has 114 valence electrons. The molecule has 0 fully saturated rings. The Hall–Kier alpha value is -1.76. The fourth-order valence-electron chi connectivity index (χ4n) is 1.67. The van der Waals surface area contributed by atoms with Gasteiger partial charge in [0, 0.05) is 18.7 Å². The van der Waals surface area contributed by atoms with Crippen molar-refractivity contribution in [3.05, 3.63) is 18.5 Å². The van der Waals surface area contributed by atoms with Gasteiger partial charge in [-0.25, -0.2) is 4.98 Å². The zero-order valence-electron chi connectivity index (χ0n) is 12.8. The van der Waals surface area contributed by atoms with Crippen molar-refractivity contribution >= 4 is 17.6 Å². The first-order chi connectivity index (χ1) is 10.1. The summed E-state index contributed by atoms with van der Waals surface area (Å²) >= 11 is 1.49. The van der Waals surface area contributed by atoms with Crippen molar-refractivity contribution in [3.63, 3.8) is 0 Å². The van der Waals surface area contributed by atoms with Gasteiger partial charge in [0.15, 0.2) is 10.9 Å². The molecule has 2 rings (SSSR count). The van der Waals surface area contributed by atoms with Gasteiger partial charge in [-0.1, -0.05) is 18.7 Å². The van der Waals surface area contributed by atoms with Gasteiger partial charge in [-0.3, -0.25) is 4.68 Å². The van der Waals surface area contributed by atoms with Crippen molar-refractivity contribution in [1.82, 2.24) is 19.7 Å². The van der Waals surface area contributed by atoms with Crippen molar-refractivity contribution in [1.29, 1.82) is 0 Å². The van der Waals surface area contributed by atoms with Crippen LogP contribution in [0.3, 0.4) is 0 Å². The lowest BCUT2D eigenvalue weighted by molar-refractivity contribution is 0.452. The van der Waals surface area contributed by atoms with Gasteiger partial charge in [-0.2, -0.15) is 10.1 Å². The van der Waals surface area contributed by atoms with Crippen molar-refractivity contribution in [2.75, 3.05) is 18.1 Å². The highest BCUT2D eigenvalue weighted by Crippen LogP contribution is 2.24. The first-order valence-electron chi connectivity index (χ1n) is 7.01. The van der Waals surface area contributed by atoms with Gasteiger partial charge in [-0.05, 0) is 26.5 Å². The van der Waals surface area contributed by atoms with Crippen LogP contribution in [0.25, 0.3) is 0 Å². The lowest BCUT2D eigenvalue weighted by Gasteiger charge is -2.08. The molecule has 0 spiro atoms. The number of thioether (sulfide) groups is 1. The van der Waals surface area contributed by atoms with Gasteiger partial charge in [0.1, 0.15) is 5.82 Å². The van der Waals surface area contributed by atoms with Crippen LogP contribution in [0.1, 0.15) is 33.2 Å². The molecule has 0 unspecified atom stereocenters. The van der Waals surface area contributed by atoms with E-state index in [9.17, 15) is 0 Å². The Morgan fingerprint density at radius 2 is 2.19 bits per heavy atom. The second kappa shape index (κ2) is 7.31. The topological polar surface area (TPSA) is 64.9 Å². The maximum atomic E-state index is 5.78. The number of anilines is 1. The van der Waals surface area contributed by atoms with Crippen LogP contribution in [0.4, 0.5) is 5.82 Å². The Bertz CT molecular complexity index is 584. The molecule has 6 nitrogen and oxygen atoms in total. The minimum absolute atomic E-state index is 0.302. The van der Waals surface area contributed by atoms with E-state index in [0.29, 0.717) is 22.8 Å². The van der Waals surface area contributed by atoms with Crippen LogP contribution in [0.2, 0.25) is 0 Å². The maximum Gasteiger partial charge on any atom is 0.225 e. The van der Waals surface area contributed by atoms with Crippen LogP contribution in [-0.4, -0.2) is 32.5 Å². The van der Waals surface area contributed by atoms with Crippen LogP contribution in [-0.2, 0) is 0 Å². The molecule has 7 heteroatoms. The highest BCUT2D eigenvalue weighted by molar-refractivity contribution is 7.98. The smallest absolute Gasteiger partial charge is 0.225 e. The molecule has 0 aliphatic carbocycles. The highest BCUT2D eigenvalue weighted by Gasteiger charge is 2.08. The predicted octanol–water partition coefficient (Wildman–Crippen LogP) is 3.59. The fourth-order valence-corrected chi connectivity index (χ4v) is 2.04. The summed E-state index contributed by atoms with van der Waals surface area (Å²) < 4.78 is 7.63. The first-order valence-corrected chi connectivity index (χ1v) is 8.23. The monoisotopic (exact) mass is 307 g/mol. The minimum atomic E-state index is 0.302. The molecule has 0 aromatic carbocycles. The second-order valence-electron chi connectivity index (χ2n) is 4.86. The Morgan fingerprint density at radius 3 is 2.81 bits per heavy atom. The van der Waals surface area contributed by atoms with Crippen LogP contribution < -0.4 is 10.1 Å². The second-order valence-corrected chi connectivity index (χ2v) is 5.63. The molecule has 0 aliphatic rings. The average Bonchev–Trinajstić information content (AvgIpc) is 2.93. The standard InChI is InChI=1S/C14H21N5OS/c1-5-6-15-12-7-13(18-14(17-12)21-4)20-11-8-16-19(9-11)10(2)3/h7-10H,5-6H2,1-4H3,(H,15,17,18). The van der Waals surface area contributed by atoms with Gasteiger partial charge in [0.05, 0.1) is 12.4 Å². The Kier molecular flexibility index (Phi) is 5.44. The summed E-state index contributed by atoms with van der Waals surface area (Å²) in [6.45, 7) is 7.12. The molecule has 2 heterocycles. The Morgan fingerprint density at radius 1 is 1.38 bits per heavy atom. The van der Waals surface area contributed by atoms with E-state index in [1.807, 2.05) is 23.2 Å². The van der Waals surface area contributed by atoms with Crippen molar-refractivity contribution in [2.45, 2.75) is 38.4 Å². The Balaban J connectivity index is 2.17. The first kappa shape index (κ1) is 15.6. The van der Waals surface area contributed by atoms with Gasteiger partial charge in [0.2, 0.25) is 5.88 Å². The molecule has 0 saturated heterocycles. The van der Waals surface area contributed by atoms with Gasteiger partial charge >= 0.3 is 0 Å². The SMILES string of the molecule is CCCNc1cc(Oc2cnn(C(C)C)c2)nc(SC)n1. The molecule has 2 aromatic rings. The third-order valence-electron chi connectivity index (χ3n) is 2.75. The Labute approximate surface area is 129 Å². The zero-order chi connectivity index (χ0) is 15.2. The van der Waals surface area contributed by atoms with E-state index in [-0.39, 0.29) is 0 Å². The van der Waals surface area contributed by atoms with Crippen LogP contribution in [0.15, 0.2) is 23.6 Å². The summed E-state index contributed by atoms with van der Waals surface area (Å²) in [5, 5.41) is 8.19. The van der Waals surface area contributed by atoms with E-state index in [4.69, 9.17) is 4.74 Å². The van der Waals surface area contributed by atoms with Crippen molar-refractivity contribution in [3.8, 4) is 11.6 Å². The zero-order valence-corrected chi connectivity index (χ0v) is 13.6. The van der Waals surface area contributed by atoms with E-state index in [2.05, 4.69) is 41.2 Å². The number of hydrogen-bond donors (Lipinski definition) is 1. The maximum absolute atomic E-state index is 5.78. The van der Waals surface area contributed by atoms with Gasteiger partial charge < -0.3 is 10.1 Å². The normalized spacial score (nSPS) is 10.9. The van der Waals surface area contributed by atoms with Gasteiger partial charge in [-0.15, -0.1) is 0 Å². The number of nitrogens with zero attached hydrogens (tertiary/aromatic N) is 4. The summed E-state index contributed by atoms with van der Waals surface area (Å²) in [5.74, 6) is 1.98. The fraction of sp³-hybridized carbons (Fsp3) is 0.500. The number of rotatable bonds is 7. The third kappa shape index (κ3) is 4.35. The van der Waals surface area contributed by atoms with E-state index >= 15 is 0 Å². The molecule has 0 radical (unpaired) electrons. The molecule has 0 bridgehead atoms. The van der Waals surface area contributed by atoms with Crippen molar-refractivity contribution < 1.29 is 4.74 Å². The number of nitrogens with one attached hydrogen (secondary N) is 1. The number of aromatic nitrogens is 4. The molecular formula is C14H21N5OS. The molecule has 1 N–H and O–H groups in total. The number of hydrogen-bond acceptors (Lipinski definition) is 6. The van der Waals surface area contributed by atoms with Crippen LogP contribution >= 0.6 is 11.8 Å². The summed E-state index contributed by atoms with van der Waals surface area (Å²) in [6.07, 6.45) is 6.54. The summed E-state index contributed by atoms with van der Waals surface area (Å²) in [4.78, 5) is 8.77. The van der Waals surface area contributed by atoms with Crippen LogP contribution in [0, 0.1) is 0 Å². The quantitative estimate of drug-likeness (QED) is 0.623. The predicted molar refractivity (Wildman–Crippen MR) is 85.3 cm³/mol. The van der Waals surface area contributed by atoms with Gasteiger partial charge in [0.25, 0.3) is 0 Å². The molecular weight excluding hydrogens is 286 g/mol. The largest absolute Gasteiger partial charge is 0.435 e. The third-order valence-corrected chi connectivity index (χ3v) is 3.30. The molecule has 2 aromatic heterocycles. The highest BCUT2D eigenvalue weighted by atomic mass is 32.2. The molecule has 0 amide bonds.